The van der Waals surface area contributed by atoms with Gasteiger partial charge in [0.1, 0.15) is 5.75 Å². The standard InChI is InChI=1S/C22H22O/c23-22-13-7-12-20(16-14-18-8-3-1-4-9-18)21(22)17-15-19-10-5-2-6-11-19/h1-13,23H,14-17H2. The molecule has 0 heterocycles. The Labute approximate surface area is 138 Å². The highest BCUT2D eigenvalue weighted by molar-refractivity contribution is 5.40. The Morgan fingerprint density at radius 1 is 0.522 bits per heavy atom. The Balaban J connectivity index is 1.71. The SMILES string of the molecule is Oc1cccc(CCc2ccccc2)c1CCc1ccccc1. The monoisotopic (exact) mass is 302 g/mol. The van der Waals surface area contributed by atoms with E-state index >= 15 is 0 Å². The topological polar surface area (TPSA) is 20.2 Å². The second-order valence-corrected chi connectivity index (χ2v) is 5.89. The molecule has 0 bridgehead atoms. The van der Waals surface area contributed by atoms with Gasteiger partial charge in [0.15, 0.2) is 0 Å². The summed E-state index contributed by atoms with van der Waals surface area (Å²) >= 11 is 0. The van der Waals surface area contributed by atoms with Crippen molar-refractivity contribution in [3.63, 3.8) is 0 Å². The molecule has 0 saturated carbocycles. The van der Waals surface area contributed by atoms with Gasteiger partial charge in [-0.3, -0.25) is 0 Å². The second kappa shape index (κ2) is 7.64. The van der Waals surface area contributed by atoms with E-state index in [1.807, 2.05) is 18.2 Å². The molecule has 116 valence electrons. The van der Waals surface area contributed by atoms with Gasteiger partial charge in [-0.1, -0.05) is 72.8 Å². The molecule has 0 amide bonds. The van der Waals surface area contributed by atoms with Crippen LogP contribution in [0.15, 0.2) is 78.9 Å². The molecule has 3 aromatic rings. The van der Waals surface area contributed by atoms with Gasteiger partial charge in [0.05, 0.1) is 0 Å². The lowest BCUT2D eigenvalue weighted by Gasteiger charge is -2.12. The third-order valence-corrected chi connectivity index (χ3v) is 4.28. The minimum absolute atomic E-state index is 0.423. The van der Waals surface area contributed by atoms with E-state index in [0.29, 0.717) is 5.75 Å². The average Bonchev–Trinajstić information content (AvgIpc) is 2.61. The van der Waals surface area contributed by atoms with Crippen LogP contribution in [0.5, 0.6) is 5.75 Å². The van der Waals surface area contributed by atoms with Crippen molar-refractivity contribution >= 4 is 0 Å². The first-order valence-corrected chi connectivity index (χ1v) is 8.20. The summed E-state index contributed by atoms with van der Waals surface area (Å²) in [4.78, 5) is 0. The van der Waals surface area contributed by atoms with Crippen molar-refractivity contribution in [2.75, 3.05) is 0 Å². The number of phenolic OH excluding ortho intramolecular Hbond substituents is 1. The van der Waals surface area contributed by atoms with Crippen molar-refractivity contribution in [1.82, 2.24) is 0 Å². The Kier molecular flexibility index (Phi) is 5.10. The van der Waals surface area contributed by atoms with E-state index in [-0.39, 0.29) is 0 Å². The van der Waals surface area contributed by atoms with Crippen LogP contribution in [0.2, 0.25) is 0 Å². The fourth-order valence-electron chi connectivity index (χ4n) is 2.98. The molecule has 0 aromatic heterocycles. The van der Waals surface area contributed by atoms with Gasteiger partial charge in [0.2, 0.25) is 0 Å². The predicted octanol–water partition coefficient (Wildman–Crippen LogP) is 4.96. The summed E-state index contributed by atoms with van der Waals surface area (Å²) in [5, 5.41) is 10.3. The second-order valence-electron chi connectivity index (χ2n) is 5.89. The van der Waals surface area contributed by atoms with Gasteiger partial charge in [0.25, 0.3) is 0 Å². The van der Waals surface area contributed by atoms with Gasteiger partial charge < -0.3 is 5.11 Å². The first-order valence-electron chi connectivity index (χ1n) is 8.20. The molecule has 0 aliphatic rings. The third kappa shape index (κ3) is 4.23. The summed E-state index contributed by atoms with van der Waals surface area (Å²) in [6, 6.07) is 26.9. The van der Waals surface area contributed by atoms with E-state index in [2.05, 4.69) is 54.6 Å². The van der Waals surface area contributed by atoms with Crippen molar-refractivity contribution in [1.29, 1.82) is 0 Å². The number of aryl methyl sites for hydroxylation is 3. The smallest absolute Gasteiger partial charge is 0.119 e. The van der Waals surface area contributed by atoms with Crippen LogP contribution < -0.4 is 0 Å². The van der Waals surface area contributed by atoms with Crippen LogP contribution in [-0.2, 0) is 25.7 Å². The minimum Gasteiger partial charge on any atom is -0.508 e. The molecule has 0 fully saturated rings. The molecular formula is C22H22O. The van der Waals surface area contributed by atoms with Crippen molar-refractivity contribution in [2.24, 2.45) is 0 Å². The van der Waals surface area contributed by atoms with Crippen LogP contribution in [-0.4, -0.2) is 5.11 Å². The van der Waals surface area contributed by atoms with E-state index in [0.717, 1.165) is 31.2 Å². The molecule has 0 aliphatic carbocycles. The molecule has 1 N–H and O–H groups in total. The van der Waals surface area contributed by atoms with Crippen LogP contribution >= 0.6 is 0 Å². The molecule has 0 spiro atoms. The van der Waals surface area contributed by atoms with Crippen molar-refractivity contribution in [2.45, 2.75) is 25.7 Å². The molecule has 3 rings (SSSR count). The lowest BCUT2D eigenvalue weighted by atomic mass is 9.95. The van der Waals surface area contributed by atoms with Crippen LogP contribution in [0, 0.1) is 0 Å². The quantitative estimate of drug-likeness (QED) is 0.682. The zero-order valence-electron chi connectivity index (χ0n) is 13.3. The molecule has 1 nitrogen and oxygen atoms in total. The first-order chi connectivity index (χ1) is 11.3. The molecule has 1 heteroatoms. The van der Waals surface area contributed by atoms with Crippen molar-refractivity contribution in [3.05, 3.63) is 101 Å². The largest absolute Gasteiger partial charge is 0.508 e. The number of hydrogen-bond acceptors (Lipinski definition) is 1. The van der Waals surface area contributed by atoms with Crippen molar-refractivity contribution < 1.29 is 5.11 Å². The van der Waals surface area contributed by atoms with Gasteiger partial charge in [-0.2, -0.15) is 0 Å². The van der Waals surface area contributed by atoms with Gasteiger partial charge >= 0.3 is 0 Å². The lowest BCUT2D eigenvalue weighted by molar-refractivity contribution is 0.466. The van der Waals surface area contributed by atoms with E-state index in [4.69, 9.17) is 0 Å². The van der Waals surface area contributed by atoms with Gasteiger partial charge in [0, 0.05) is 0 Å². The van der Waals surface area contributed by atoms with E-state index in [1.54, 1.807) is 6.07 Å². The number of hydrogen-bond donors (Lipinski definition) is 1. The van der Waals surface area contributed by atoms with Crippen molar-refractivity contribution in [3.8, 4) is 5.75 Å². The number of aromatic hydroxyl groups is 1. The molecule has 3 aromatic carbocycles. The summed E-state index contributed by atoms with van der Waals surface area (Å²) in [5.74, 6) is 0.423. The van der Waals surface area contributed by atoms with Crippen LogP contribution in [0.1, 0.15) is 22.3 Å². The average molecular weight is 302 g/mol. The number of phenols is 1. The summed E-state index contributed by atoms with van der Waals surface area (Å²) < 4.78 is 0. The highest BCUT2D eigenvalue weighted by atomic mass is 16.3. The van der Waals surface area contributed by atoms with E-state index in [1.165, 1.54) is 16.7 Å². The Bertz CT molecular complexity index is 732. The van der Waals surface area contributed by atoms with E-state index < -0.39 is 0 Å². The minimum atomic E-state index is 0.423. The zero-order valence-corrected chi connectivity index (χ0v) is 13.3. The van der Waals surface area contributed by atoms with Crippen LogP contribution in [0.3, 0.4) is 0 Å². The van der Waals surface area contributed by atoms with Gasteiger partial charge in [-0.25, -0.2) is 0 Å². The fourth-order valence-corrected chi connectivity index (χ4v) is 2.98. The molecule has 0 unspecified atom stereocenters. The summed E-state index contributed by atoms with van der Waals surface area (Å²) in [7, 11) is 0. The Morgan fingerprint density at radius 3 is 1.70 bits per heavy atom. The summed E-state index contributed by atoms with van der Waals surface area (Å²) in [5.41, 5.74) is 4.99. The molecule has 0 atom stereocenters. The van der Waals surface area contributed by atoms with Gasteiger partial charge in [-0.05, 0) is 54.0 Å². The molecule has 23 heavy (non-hydrogen) atoms. The third-order valence-electron chi connectivity index (χ3n) is 4.28. The summed E-state index contributed by atoms with van der Waals surface area (Å²) in [6.07, 6.45) is 3.79. The van der Waals surface area contributed by atoms with Crippen LogP contribution in [0.4, 0.5) is 0 Å². The highest BCUT2D eigenvalue weighted by Gasteiger charge is 2.08. The molecular weight excluding hydrogens is 280 g/mol. The molecule has 0 aliphatic heterocycles. The van der Waals surface area contributed by atoms with Crippen LogP contribution in [0.25, 0.3) is 0 Å². The lowest BCUT2D eigenvalue weighted by Crippen LogP contribution is -2.00. The maximum atomic E-state index is 10.3. The zero-order chi connectivity index (χ0) is 15.9. The molecule has 0 radical (unpaired) electrons. The number of benzene rings is 3. The number of rotatable bonds is 6. The van der Waals surface area contributed by atoms with E-state index in [9.17, 15) is 5.11 Å². The highest BCUT2D eigenvalue weighted by Crippen LogP contribution is 2.24. The first kappa shape index (κ1) is 15.4. The Morgan fingerprint density at radius 2 is 1.09 bits per heavy atom. The van der Waals surface area contributed by atoms with Gasteiger partial charge in [-0.15, -0.1) is 0 Å². The maximum absolute atomic E-state index is 10.3. The summed E-state index contributed by atoms with van der Waals surface area (Å²) in [6.45, 7) is 0. The maximum Gasteiger partial charge on any atom is 0.119 e. The Hall–Kier alpha value is -2.54. The molecule has 0 saturated heterocycles. The normalized spacial score (nSPS) is 10.6. The predicted molar refractivity (Wildman–Crippen MR) is 95.8 cm³/mol. The fraction of sp³-hybridized carbons (Fsp3) is 0.182.